The number of rotatable bonds is 5. The molecule has 0 saturated carbocycles. The van der Waals surface area contributed by atoms with Crippen LogP contribution in [-0.4, -0.2) is 51.5 Å². The van der Waals surface area contributed by atoms with Gasteiger partial charge in [0.25, 0.3) is 0 Å². The third-order valence-electron chi connectivity index (χ3n) is 3.73. The van der Waals surface area contributed by atoms with Crippen molar-refractivity contribution in [3.63, 3.8) is 0 Å². The van der Waals surface area contributed by atoms with Gasteiger partial charge in [-0.3, -0.25) is 4.21 Å². The number of thioether (sulfide) groups is 1. The summed E-state index contributed by atoms with van der Waals surface area (Å²) in [6.45, 7) is 3.36. The van der Waals surface area contributed by atoms with E-state index in [2.05, 4.69) is 12.2 Å². The number of nitrogens with one attached hydrogen (secondary N) is 1. The molecule has 1 aromatic rings. The third-order valence-corrected chi connectivity index (χ3v) is 6.04. The molecule has 1 fully saturated rings. The summed E-state index contributed by atoms with van der Waals surface area (Å²) in [6, 6.07) is 10.1. The van der Waals surface area contributed by atoms with Crippen molar-refractivity contribution in [1.82, 2.24) is 10.2 Å². The maximum absolute atomic E-state index is 12.2. The highest BCUT2D eigenvalue weighted by Gasteiger charge is 2.21. The van der Waals surface area contributed by atoms with Crippen LogP contribution in [-0.2, 0) is 16.6 Å². The minimum atomic E-state index is -0.942. The highest BCUT2D eigenvalue weighted by atomic mass is 32.2. The van der Waals surface area contributed by atoms with E-state index < -0.39 is 10.8 Å². The molecule has 0 aliphatic carbocycles. The summed E-state index contributed by atoms with van der Waals surface area (Å²) >= 11 is 1.90. The molecular formula is C16H24N2O2S2. The number of benzene rings is 1. The van der Waals surface area contributed by atoms with Crippen molar-refractivity contribution in [2.24, 2.45) is 0 Å². The Hall–Kier alpha value is -1.01. The van der Waals surface area contributed by atoms with Gasteiger partial charge in [0.15, 0.2) is 0 Å². The van der Waals surface area contributed by atoms with Crippen LogP contribution in [0.1, 0.15) is 18.9 Å². The Morgan fingerprint density at radius 3 is 2.91 bits per heavy atom. The summed E-state index contributed by atoms with van der Waals surface area (Å²) in [5, 5.41) is 2.91. The summed E-state index contributed by atoms with van der Waals surface area (Å²) < 4.78 is 12.0. The van der Waals surface area contributed by atoms with E-state index in [1.165, 1.54) is 0 Å². The lowest BCUT2D eigenvalue weighted by atomic mass is 10.2. The first-order valence-corrected chi connectivity index (χ1v) is 10.3. The van der Waals surface area contributed by atoms with Crippen molar-refractivity contribution in [2.75, 3.05) is 30.3 Å². The zero-order chi connectivity index (χ0) is 15.8. The third kappa shape index (κ3) is 5.65. The van der Waals surface area contributed by atoms with Crippen LogP contribution in [0.2, 0.25) is 0 Å². The molecule has 0 aromatic heterocycles. The average molecular weight is 341 g/mol. The van der Waals surface area contributed by atoms with Crippen molar-refractivity contribution < 1.29 is 9.00 Å². The molecule has 4 nitrogen and oxygen atoms in total. The van der Waals surface area contributed by atoms with Gasteiger partial charge in [0, 0.05) is 47.2 Å². The molecule has 1 N–H and O–H groups in total. The number of hydrogen-bond donors (Lipinski definition) is 1. The maximum atomic E-state index is 12.2. The van der Waals surface area contributed by atoms with Gasteiger partial charge in [-0.15, -0.1) is 0 Å². The quantitative estimate of drug-likeness (QED) is 0.896. The van der Waals surface area contributed by atoms with Crippen LogP contribution in [0.15, 0.2) is 30.3 Å². The van der Waals surface area contributed by atoms with E-state index in [-0.39, 0.29) is 12.1 Å². The second kappa shape index (κ2) is 9.20. The van der Waals surface area contributed by atoms with E-state index in [4.69, 9.17) is 0 Å². The molecule has 0 bridgehead atoms. The van der Waals surface area contributed by atoms with Gasteiger partial charge in [-0.2, -0.15) is 11.8 Å². The number of carbonyl (C=O) groups is 1. The topological polar surface area (TPSA) is 49.4 Å². The summed E-state index contributed by atoms with van der Waals surface area (Å²) in [6.07, 6.45) is 1.04. The minimum absolute atomic E-state index is 0.0216. The highest BCUT2D eigenvalue weighted by molar-refractivity contribution is 7.99. The molecular weight excluding hydrogens is 316 g/mol. The van der Waals surface area contributed by atoms with E-state index >= 15 is 0 Å². The van der Waals surface area contributed by atoms with Crippen LogP contribution in [0, 0.1) is 0 Å². The van der Waals surface area contributed by atoms with Crippen LogP contribution >= 0.6 is 11.8 Å². The molecule has 6 heteroatoms. The summed E-state index contributed by atoms with van der Waals surface area (Å²) in [7, 11) is -0.942. The fraction of sp³-hybridized carbons (Fsp3) is 0.562. The van der Waals surface area contributed by atoms with Crippen LogP contribution in [0.3, 0.4) is 0 Å². The van der Waals surface area contributed by atoms with E-state index in [1.54, 1.807) is 0 Å². The van der Waals surface area contributed by atoms with E-state index in [9.17, 15) is 9.00 Å². The maximum Gasteiger partial charge on any atom is 0.317 e. The van der Waals surface area contributed by atoms with E-state index in [0.29, 0.717) is 18.1 Å². The Bertz CT molecular complexity index is 496. The number of carbonyl (C=O) groups excluding carboxylic acids is 1. The van der Waals surface area contributed by atoms with Crippen molar-refractivity contribution in [3.05, 3.63) is 35.9 Å². The molecule has 1 aliphatic heterocycles. The molecule has 122 valence electrons. The first-order chi connectivity index (χ1) is 10.7. The van der Waals surface area contributed by atoms with Crippen molar-refractivity contribution in [1.29, 1.82) is 0 Å². The van der Waals surface area contributed by atoms with Gasteiger partial charge >= 0.3 is 6.03 Å². The van der Waals surface area contributed by atoms with Gasteiger partial charge in [-0.25, -0.2) is 4.79 Å². The summed E-state index contributed by atoms with van der Waals surface area (Å²) in [4.78, 5) is 14.1. The lowest BCUT2D eigenvalue weighted by Gasteiger charge is -2.26. The zero-order valence-corrected chi connectivity index (χ0v) is 14.6. The molecule has 1 aliphatic rings. The Morgan fingerprint density at radius 1 is 1.36 bits per heavy atom. The first kappa shape index (κ1) is 17.3. The monoisotopic (exact) mass is 340 g/mol. The van der Waals surface area contributed by atoms with Crippen LogP contribution in [0.4, 0.5) is 4.79 Å². The van der Waals surface area contributed by atoms with Crippen LogP contribution in [0.5, 0.6) is 0 Å². The second-order valence-corrected chi connectivity index (χ2v) is 8.25. The van der Waals surface area contributed by atoms with Gasteiger partial charge in [0.05, 0.1) is 0 Å². The normalized spacial score (nSPS) is 20.2. The first-order valence-electron chi connectivity index (χ1n) is 7.68. The SMILES string of the molecule is C[C@H]1CCSCCN1C(=O)NCC[S@@](=O)Cc1ccccc1. The summed E-state index contributed by atoms with van der Waals surface area (Å²) in [5.41, 5.74) is 1.07. The smallest absolute Gasteiger partial charge is 0.317 e. The Balaban J connectivity index is 1.71. The standard InChI is InChI=1S/C16H24N2O2S2/c1-14-7-10-21-11-9-18(14)16(19)17-8-12-22(20)13-15-5-3-2-4-6-15/h2-6,14H,7-13H2,1H3,(H,17,19)/t14-,22+/m0/s1. The van der Waals surface area contributed by atoms with E-state index in [0.717, 1.165) is 30.0 Å². The second-order valence-electron chi connectivity index (χ2n) is 5.45. The molecule has 0 spiro atoms. The highest BCUT2D eigenvalue weighted by Crippen LogP contribution is 2.15. The predicted octanol–water partition coefficient (Wildman–Crippen LogP) is 2.47. The summed E-state index contributed by atoms with van der Waals surface area (Å²) in [5.74, 6) is 3.16. The van der Waals surface area contributed by atoms with Gasteiger partial charge in [-0.1, -0.05) is 30.3 Å². The molecule has 1 aromatic carbocycles. The molecule has 22 heavy (non-hydrogen) atoms. The van der Waals surface area contributed by atoms with E-state index in [1.807, 2.05) is 47.0 Å². The number of hydrogen-bond acceptors (Lipinski definition) is 3. The van der Waals surface area contributed by atoms with Crippen molar-refractivity contribution in [3.8, 4) is 0 Å². The predicted molar refractivity (Wildman–Crippen MR) is 94.7 cm³/mol. The lowest BCUT2D eigenvalue weighted by Crippen LogP contribution is -2.46. The Morgan fingerprint density at radius 2 is 2.14 bits per heavy atom. The number of urea groups is 1. The zero-order valence-electron chi connectivity index (χ0n) is 13.0. The fourth-order valence-corrected chi connectivity index (χ4v) is 4.48. The minimum Gasteiger partial charge on any atom is -0.337 e. The molecule has 1 saturated heterocycles. The largest absolute Gasteiger partial charge is 0.337 e. The van der Waals surface area contributed by atoms with Crippen LogP contribution < -0.4 is 5.32 Å². The van der Waals surface area contributed by atoms with Gasteiger partial charge in [-0.05, 0) is 24.7 Å². The number of nitrogens with zero attached hydrogens (tertiary/aromatic N) is 1. The molecule has 1 heterocycles. The van der Waals surface area contributed by atoms with Crippen molar-refractivity contribution >= 4 is 28.6 Å². The van der Waals surface area contributed by atoms with Gasteiger partial charge < -0.3 is 10.2 Å². The average Bonchev–Trinajstić information content (AvgIpc) is 2.72. The van der Waals surface area contributed by atoms with Crippen molar-refractivity contribution in [2.45, 2.75) is 25.1 Å². The lowest BCUT2D eigenvalue weighted by molar-refractivity contribution is 0.184. The van der Waals surface area contributed by atoms with Crippen LogP contribution in [0.25, 0.3) is 0 Å². The number of amides is 2. The van der Waals surface area contributed by atoms with Gasteiger partial charge in [0.1, 0.15) is 0 Å². The fourth-order valence-electron chi connectivity index (χ4n) is 2.40. The Kier molecular flexibility index (Phi) is 7.25. The molecule has 2 rings (SSSR count). The van der Waals surface area contributed by atoms with Gasteiger partial charge in [0.2, 0.25) is 0 Å². The molecule has 2 atom stereocenters. The molecule has 0 radical (unpaired) electrons. The molecule has 2 amide bonds. The molecule has 0 unspecified atom stereocenters. The Labute approximate surface area is 139 Å².